The zero-order chi connectivity index (χ0) is 17.2. The van der Waals surface area contributed by atoms with Gasteiger partial charge in [0, 0.05) is 0 Å². The monoisotopic (exact) mass is 328 g/mol. The average Bonchev–Trinajstić information content (AvgIpc) is 2.90. The highest BCUT2D eigenvalue weighted by molar-refractivity contribution is 5.25. The maximum absolute atomic E-state index is 10.6. The third-order valence-electron chi connectivity index (χ3n) is 9.10. The van der Waals surface area contributed by atoms with E-state index in [4.69, 9.17) is 0 Å². The van der Waals surface area contributed by atoms with Crippen molar-refractivity contribution in [3.8, 4) is 0 Å². The van der Waals surface area contributed by atoms with Gasteiger partial charge >= 0.3 is 0 Å². The molecule has 4 fully saturated rings. The Kier molecular flexibility index (Phi) is 3.85. The summed E-state index contributed by atoms with van der Waals surface area (Å²) < 4.78 is 0. The summed E-state index contributed by atoms with van der Waals surface area (Å²) >= 11 is 0. The largest absolute Gasteiger partial charge is 0.390 e. The molecule has 24 heavy (non-hydrogen) atoms. The molecule has 4 saturated carbocycles. The highest BCUT2D eigenvalue weighted by Gasteiger charge is 2.60. The summed E-state index contributed by atoms with van der Waals surface area (Å²) in [6.07, 6.45) is 16.1. The second kappa shape index (κ2) is 5.47. The fraction of sp³-hybridized carbons (Fsp3) is 0.826. The van der Waals surface area contributed by atoms with Crippen LogP contribution in [0.25, 0.3) is 0 Å². The van der Waals surface area contributed by atoms with E-state index in [1.165, 1.54) is 38.5 Å². The second-order valence-electron chi connectivity index (χ2n) is 9.98. The van der Waals surface area contributed by atoms with Crippen molar-refractivity contribution in [3.05, 3.63) is 24.3 Å². The van der Waals surface area contributed by atoms with Crippen LogP contribution in [-0.4, -0.2) is 10.7 Å². The van der Waals surface area contributed by atoms with Gasteiger partial charge in [-0.25, -0.2) is 0 Å². The predicted molar refractivity (Wildman–Crippen MR) is 101 cm³/mol. The molecule has 1 nitrogen and oxygen atoms in total. The van der Waals surface area contributed by atoms with Crippen LogP contribution in [0, 0.1) is 34.5 Å². The zero-order valence-electron chi connectivity index (χ0n) is 16.0. The van der Waals surface area contributed by atoms with Gasteiger partial charge in [0.2, 0.25) is 0 Å². The maximum Gasteiger partial charge on any atom is 0.0623 e. The molecule has 0 aliphatic heterocycles. The van der Waals surface area contributed by atoms with Crippen LogP contribution in [0.3, 0.4) is 0 Å². The van der Waals surface area contributed by atoms with Crippen molar-refractivity contribution in [2.45, 2.75) is 84.2 Å². The molecule has 1 N–H and O–H groups in total. The highest BCUT2D eigenvalue weighted by Crippen LogP contribution is 2.68. The molecule has 0 aromatic heterocycles. The lowest BCUT2D eigenvalue weighted by Crippen LogP contribution is -2.55. The molecule has 0 unspecified atom stereocenters. The van der Waals surface area contributed by atoms with E-state index in [0.717, 1.165) is 37.0 Å². The number of hydrogen-bond donors (Lipinski definition) is 1. The van der Waals surface area contributed by atoms with E-state index in [-0.39, 0.29) is 0 Å². The highest BCUT2D eigenvalue weighted by atomic mass is 16.3. The molecule has 4 aliphatic rings. The fourth-order valence-corrected chi connectivity index (χ4v) is 7.86. The van der Waals surface area contributed by atoms with Crippen LogP contribution < -0.4 is 0 Å². The summed E-state index contributed by atoms with van der Waals surface area (Å²) in [5.41, 5.74) is 2.09. The summed E-state index contributed by atoms with van der Waals surface area (Å²) in [6, 6.07) is 0. The van der Waals surface area contributed by atoms with Crippen LogP contribution in [0.1, 0.15) is 78.6 Å². The Balaban J connectivity index is 1.67. The number of fused-ring (bicyclic) bond motifs is 5. The van der Waals surface area contributed by atoms with Gasteiger partial charge in [0.05, 0.1) is 5.60 Å². The molecule has 0 spiro atoms. The Hall–Kier alpha value is -0.560. The molecule has 0 aromatic carbocycles. The van der Waals surface area contributed by atoms with E-state index >= 15 is 0 Å². The van der Waals surface area contributed by atoms with Crippen molar-refractivity contribution in [3.63, 3.8) is 0 Å². The molecule has 7 atom stereocenters. The smallest absolute Gasteiger partial charge is 0.0623 e. The van der Waals surface area contributed by atoms with Crippen LogP contribution in [-0.2, 0) is 0 Å². The van der Waals surface area contributed by atoms with Crippen molar-refractivity contribution in [1.29, 1.82) is 0 Å². The van der Waals surface area contributed by atoms with Gasteiger partial charge in [0.15, 0.2) is 0 Å². The standard InChI is InChI=1S/C23H36O/c1-5-16-8-10-19-18-9-7-17-15-21(3,24)13-14-23(17,6-2)20(18)11-12-22(16,19)4/h5-6,17-20,24H,2,7-15H2,1,3-4H3/b16-5-/t17-,18-,19-,20-,21+,22+,23-/m0/s1. The Bertz CT molecular complexity index is 558. The van der Waals surface area contributed by atoms with Gasteiger partial charge in [0.25, 0.3) is 0 Å². The van der Waals surface area contributed by atoms with Gasteiger partial charge in [-0.15, -0.1) is 6.58 Å². The Morgan fingerprint density at radius 3 is 2.54 bits per heavy atom. The van der Waals surface area contributed by atoms with E-state index in [9.17, 15) is 5.11 Å². The Morgan fingerprint density at radius 1 is 1.04 bits per heavy atom. The molecule has 4 rings (SSSR count). The van der Waals surface area contributed by atoms with Crippen molar-refractivity contribution >= 4 is 0 Å². The van der Waals surface area contributed by atoms with Gasteiger partial charge in [-0.05, 0) is 106 Å². The third kappa shape index (κ3) is 2.16. The van der Waals surface area contributed by atoms with Crippen molar-refractivity contribution in [2.24, 2.45) is 34.5 Å². The quantitative estimate of drug-likeness (QED) is 0.595. The summed E-state index contributed by atoms with van der Waals surface area (Å²) in [4.78, 5) is 0. The van der Waals surface area contributed by atoms with Gasteiger partial charge in [-0.2, -0.15) is 0 Å². The average molecular weight is 329 g/mol. The first kappa shape index (κ1) is 16.9. The predicted octanol–water partition coefficient (Wildman–Crippen LogP) is 5.89. The van der Waals surface area contributed by atoms with Crippen LogP contribution in [0.5, 0.6) is 0 Å². The molecule has 4 aliphatic carbocycles. The van der Waals surface area contributed by atoms with Crippen LogP contribution in [0.2, 0.25) is 0 Å². The maximum atomic E-state index is 10.6. The van der Waals surface area contributed by atoms with Crippen molar-refractivity contribution in [2.75, 3.05) is 0 Å². The first-order valence-corrected chi connectivity index (χ1v) is 10.4. The number of aliphatic hydroxyl groups is 1. The molecule has 0 saturated heterocycles. The molecular formula is C23H36O. The van der Waals surface area contributed by atoms with Gasteiger partial charge in [-0.3, -0.25) is 0 Å². The normalized spacial score (nSPS) is 55.6. The lowest BCUT2D eigenvalue weighted by atomic mass is 9.43. The van der Waals surface area contributed by atoms with Crippen LogP contribution >= 0.6 is 0 Å². The van der Waals surface area contributed by atoms with Crippen molar-refractivity contribution < 1.29 is 5.11 Å². The number of allylic oxidation sites excluding steroid dienone is 3. The molecule has 0 bridgehead atoms. The minimum Gasteiger partial charge on any atom is -0.390 e. The molecular weight excluding hydrogens is 292 g/mol. The molecule has 0 heterocycles. The van der Waals surface area contributed by atoms with E-state index in [1.807, 2.05) is 0 Å². The van der Waals surface area contributed by atoms with Crippen LogP contribution in [0.4, 0.5) is 0 Å². The Morgan fingerprint density at radius 2 is 1.83 bits per heavy atom. The molecule has 1 heteroatoms. The first-order chi connectivity index (χ1) is 11.4. The SMILES string of the molecule is C=C[C@]12CC[C@@](C)(O)C[C@@H]1CC[C@@H]1[C@@H]2CC[C@]2(C)/C(=C\C)CC[C@@H]12. The summed E-state index contributed by atoms with van der Waals surface area (Å²) in [6.45, 7) is 11.2. The molecule has 0 aromatic rings. The molecule has 134 valence electrons. The number of rotatable bonds is 1. The second-order valence-corrected chi connectivity index (χ2v) is 9.98. The summed E-state index contributed by atoms with van der Waals surface area (Å²) in [5.74, 6) is 3.26. The molecule has 0 radical (unpaired) electrons. The minimum absolute atomic E-state index is 0.311. The molecule has 0 amide bonds. The minimum atomic E-state index is -0.446. The van der Waals surface area contributed by atoms with Gasteiger partial charge in [0.1, 0.15) is 0 Å². The third-order valence-corrected chi connectivity index (χ3v) is 9.10. The topological polar surface area (TPSA) is 20.2 Å². The van der Waals surface area contributed by atoms with Gasteiger partial charge < -0.3 is 5.11 Å². The lowest BCUT2D eigenvalue weighted by molar-refractivity contribution is -0.125. The number of hydrogen-bond acceptors (Lipinski definition) is 1. The van der Waals surface area contributed by atoms with E-state index < -0.39 is 5.60 Å². The lowest BCUT2D eigenvalue weighted by Gasteiger charge is -2.61. The fourth-order valence-electron chi connectivity index (χ4n) is 7.86. The van der Waals surface area contributed by atoms with Crippen molar-refractivity contribution in [1.82, 2.24) is 0 Å². The van der Waals surface area contributed by atoms with Crippen LogP contribution in [0.15, 0.2) is 24.3 Å². The van der Waals surface area contributed by atoms with Gasteiger partial charge in [-0.1, -0.05) is 24.6 Å². The van der Waals surface area contributed by atoms with E-state index in [2.05, 4.69) is 39.5 Å². The van der Waals surface area contributed by atoms with E-state index in [1.54, 1.807) is 5.57 Å². The van der Waals surface area contributed by atoms with E-state index in [0.29, 0.717) is 16.7 Å². The first-order valence-electron chi connectivity index (χ1n) is 10.4. The summed E-state index contributed by atoms with van der Waals surface area (Å²) in [7, 11) is 0. The zero-order valence-corrected chi connectivity index (χ0v) is 16.0. The summed E-state index contributed by atoms with van der Waals surface area (Å²) in [5, 5.41) is 10.6. The Labute approximate surface area is 148 Å².